The zero-order valence-electron chi connectivity index (χ0n) is 12.1. The van der Waals surface area contributed by atoms with Crippen LogP contribution in [-0.4, -0.2) is 23.3 Å². The summed E-state index contributed by atoms with van der Waals surface area (Å²) in [7, 11) is 0. The molecule has 3 nitrogen and oxygen atoms in total. The van der Waals surface area contributed by atoms with Crippen LogP contribution in [0.4, 0.5) is 0 Å². The molecule has 0 radical (unpaired) electrons. The van der Waals surface area contributed by atoms with Gasteiger partial charge in [-0.25, -0.2) is 0 Å². The van der Waals surface area contributed by atoms with E-state index in [0.717, 1.165) is 51.4 Å². The van der Waals surface area contributed by atoms with E-state index in [0.29, 0.717) is 5.92 Å². The van der Waals surface area contributed by atoms with E-state index in [2.05, 4.69) is 34.7 Å². The molecule has 20 heavy (non-hydrogen) atoms. The van der Waals surface area contributed by atoms with Crippen LogP contribution in [0.5, 0.6) is 0 Å². The molecule has 110 valence electrons. The van der Waals surface area contributed by atoms with Gasteiger partial charge in [-0.15, -0.1) is 21.5 Å². The highest BCUT2D eigenvalue weighted by atomic mass is 35.5. The van der Waals surface area contributed by atoms with Crippen molar-refractivity contribution in [1.29, 1.82) is 0 Å². The number of hydrogen-bond acceptors (Lipinski definition) is 5. The van der Waals surface area contributed by atoms with Gasteiger partial charge in [0, 0.05) is 6.42 Å². The monoisotopic (exact) mass is 329 g/mol. The molecule has 0 saturated carbocycles. The second kappa shape index (κ2) is 7.50. The Morgan fingerprint density at radius 3 is 2.80 bits per heavy atom. The second-order valence-corrected chi connectivity index (χ2v) is 7.58. The Morgan fingerprint density at radius 2 is 2.15 bits per heavy atom. The van der Waals surface area contributed by atoms with Crippen molar-refractivity contribution in [3.05, 3.63) is 21.0 Å². The van der Waals surface area contributed by atoms with Gasteiger partial charge in [-0.2, -0.15) is 0 Å². The summed E-state index contributed by atoms with van der Waals surface area (Å²) in [4.78, 5) is 1.05. The smallest absolute Gasteiger partial charge is 0.159 e. The van der Waals surface area contributed by atoms with Gasteiger partial charge in [0.25, 0.3) is 0 Å². The molecule has 1 N–H and O–H groups in total. The van der Waals surface area contributed by atoms with Gasteiger partial charge in [0.2, 0.25) is 0 Å². The molecule has 0 spiro atoms. The molecule has 2 aromatic heterocycles. The Bertz CT molecular complexity index is 548. The number of halogens is 1. The number of nitrogens with one attached hydrogen (secondary N) is 1. The first-order chi connectivity index (χ1) is 9.58. The predicted molar refractivity (Wildman–Crippen MR) is 89.0 cm³/mol. The first kappa shape index (κ1) is 15.9. The summed E-state index contributed by atoms with van der Waals surface area (Å²) >= 11 is 9.56. The van der Waals surface area contributed by atoms with Crippen molar-refractivity contribution in [3.63, 3.8) is 0 Å². The SMILES string of the molecule is Cc1csc(-c2nnc(CCCNCC(C)C)s2)c1Cl. The third kappa shape index (κ3) is 4.25. The average molecular weight is 330 g/mol. The molecule has 2 rings (SSSR count). The highest BCUT2D eigenvalue weighted by Gasteiger charge is 2.13. The average Bonchev–Trinajstić information content (AvgIpc) is 2.97. The summed E-state index contributed by atoms with van der Waals surface area (Å²) in [6.07, 6.45) is 2.07. The van der Waals surface area contributed by atoms with Crippen molar-refractivity contribution in [1.82, 2.24) is 15.5 Å². The summed E-state index contributed by atoms with van der Waals surface area (Å²) in [6.45, 7) is 8.57. The third-order valence-corrected chi connectivity index (χ3v) is 5.69. The highest BCUT2D eigenvalue weighted by molar-refractivity contribution is 7.21. The zero-order chi connectivity index (χ0) is 14.5. The van der Waals surface area contributed by atoms with E-state index in [9.17, 15) is 0 Å². The Balaban J connectivity index is 1.85. The molecule has 2 aromatic rings. The van der Waals surface area contributed by atoms with Crippen molar-refractivity contribution in [2.24, 2.45) is 5.92 Å². The van der Waals surface area contributed by atoms with E-state index < -0.39 is 0 Å². The van der Waals surface area contributed by atoms with Crippen LogP contribution in [-0.2, 0) is 6.42 Å². The molecule has 6 heteroatoms. The molecule has 0 bridgehead atoms. The number of aryl methyl sites for hydroxylation is 2. The van der Waals surface area contributed by atoms with Crippen LogP contribution in [0.15, 0.2) is 5.38 Å². The first-order valence-electron chi connectivity index (χ1n) is 6.85. The predicted octanol–water partition coefficient (Wildman–Crippen LogP) is 4.41. The third-order valence-electron chi connectivity index (χ3n) is 2.86. The molecule has 0 amide bonds. The summed E-state index contributed by atoms with van der Waals surface area (Å²) in [5, 5.41) is 16.9. The van der Waals surface area contributed by atoms with Crippen molar-refractivity contribution < 1.29 is 0 Å². The molecule has 0 saturated heterocycles. The van der Waals surface area contributed by atoms with Crippen LogP contribution < -0.4 is 5.32 Å². The summed E-state index contributed by atoms with van der Waals surface area (Å²) in [5.41, 5.74) is 1.11. The Hall–Kier alpha value is -0.490. The van der Waals surface area contributed by atoms with E-state index in [-0.39, 0.29) is 0 Å². The van der Waals surface area contributed by atoms with Crippen LogP contribution in [0.1, 0.15) is 30.8 Å². The van der Waals surface area contributed by atoms with Crippen LogP contribution in [0.25, 0.3) is 9.88 Å². The maximum absolute atomic E-state index is 6.27. The molecule has 0 aliphatic carbocycles. The van der Waals surface area contributed by atoms with E-state index in [1.54, 1.807) is 22.7 Å². The van der Waals surface area contributed by atoms with Crippen molar-refractivity contribution in [2.75, 3.05) is 13.1 Å². The van der Waals surface area contributed by atoms with Gasteiger partial charge in [0.05, 0.1) is 9.90 Å². The Labute approximate surface area is 133 Å². The summed E-state index contributed by atoms with van der Waals surface area (Å²) < 4.78 is 0. The lowest BCUT2D eigenvalue weighted by atomic mass is 10.2. The van der Waals surface area contributed by atoms with Crippen LogP contribution in [0, 0.1) is 12.8 Å². The number of nitrogens with zero attached hydrogens (tertiary/aromatic N) is 2. The quantitative estimate of drug-likeness (QED) is 0.765. The maximum Gasteiger partial charge on any atom is 0.159 e. The highest BCUT2D eigenvalue weighted by Crippen LogP contribution is 2.37. The Morgan fingerprint density at radius 1 is 1.35 bits per heavy atom. The normalized spacial score (nSPS) is 11.4. The first-order valence-corrected chi connectivity index (χ1v) is 8.92. The van der Waals surface area contributed by atoms with E-state index in [1.807, 2.05) is 6.92 Å². The summed E-state index contributed by atoms with van der Waals surface area (Å²) in [5.74, 6) is 0.701. The topological polar surface area (TPSA) is 37.8 Å². The maximum atomic E-state index is 6.27. The van der Waals surface area contributed by atoms with Crippen LogP contribution in [0.3, 0.4) is 0 Å². The largest absolute Gasteiger partial charge is 0.316 e. The second-order valence-electron chi connectivity index (χ2n) is 5.26. The minimum Gasteiger partial charge on any atom is -0.316 e. The number of aromatic nitrogens is 2. The van der Waals surface area contributed by atoms with Gasteiger partial charge in [-0.05, 0) is 43.3 Å². The van der Waals surface area contributed by atoms with Crippen molar-refractivity contribution in [2.45, 2.75) is 33.6 Å². The molecule has 0 aliphatic heterocycles. The molecule has 2 heterocycles. The van der Waals surface area contributed by atoms with E-state index in [1.165, 1.54) is 0 Å². The van der Waals surface area contributed by atoms with Gasteiger partial charge < -0.3 is 5.32 Å². The van der Waals surface area contributed by atoms with Crippen molar-refractivity contribution in [3.8, 4) is 9.88 Å². The minimum atomic E-state index is 0.701. The molecule has 0 atom stereocenters. The molecular weight excluding hydrogens is 310 g/mol. The molecule has 0 aliphatic rings. The van der Waals surface area contributed by atoms with Crippen molar-refractivity contribution >= 4 is 34.3 Å². The van der Waals surface area contributed by atoms with Crippen LogP contribution in [0.2, 0.25) is 5.02 Å². The molecule has 0 fully saturated rings. The molecule has 0 unspecified atom stereocenters. The van der Waals surface area contributed by atoms with Crippen LogP contribution >= 0.6 is 34.3 Å². The fraction of sp³-hybridized carbons (Fsp3) is 0.571. The molecule has 0 aromatic carbocycles. The van der Waals surface area contributed by atoms with Gasteiger partial charge in [0.15, 0.2) is 5.01 Å². The van der Waals surface area contributed by atoms with E-state index in [4.69, 9.17) is 11.6 Å². The van der Waals surface area contributed by atoms with Gasteiger partial charge in [-0.3, -0.25) is 0 Å². The lowest BCUT2D eigenvalue weighted by molar-refractivity contribution is 0.542. The van der Waals surface area contributed by atoms with Gasteiger partial charge in [0.1, 0.15) is 5.01 Å². The lowest BCUT2D eigenvalue weighted by Gasteiger charge is -2.05. The van der Waals surface area contributed by atoms with E-state index >= 15 is 0 Å². The van der Waals surface area contributed by atoms with Gasteiger partial charge >= 0.3 is 0 Å². The molecular formula is C14H20ClN3S2. The zero-order valence-corrected chi connectivity index (χ0v) is 14.5. The lowest BCUT2D eigenvalue weighted by Crippen LogP contribution is -2.21. The number of thiophene rings is 1. The standard InChI is InChI=1S/C14H20ClN3S2/c1-9(2)7-16-6-4-5-11-17-18-14(20-11)13-12(15)10(3)8-19-13/h8-9,16H,4-7H2,1-3H3. The fourth-order valence-electron chi connectivity index (χ4n) is 1.78. The van der Waals surface area contributed by atoms with Gasteiger partial charge in [-0.1, -0.05) is 36.8 Å². The minimum absolute atomic E-state index is 0.701. The Kier molecular flexibility index (Phi) is 5.96. The number of rotatable bonds is 7. The number of hydrogen-bond donors (Lipinski definition) is 1. The fourth-order valence-corrected chi connectivity index (χ4v) is 4.09. The summed E-state index contributed by atoms with van der Waals surface area (Å²) in [6, 6.07) is 0.